The molecular weight excluding hydrogens is 224 g/mol. The fraction of sp³-hybridized carbons (Fsp3) is 0.333. The molecule has 0 bridgehead atoms. The van der Waals surface area contributed by atoms with Gasteiger partial charge in [-0.2, -0.15) is 0 Å². The highest BCUT2D eigenvalue weighted by atomic mass is 35.5. The van der Waals surface area contributed by atoms with E-state index in [4.69, 9.17) is 10.8 Å². The number of rotatable bonds is 3. The molecule has 0 fully saturated rings. The first-order valence-corrected chi connectivity index (χ1v) is 5.13. The number of hydrogen-bond acceptors (Lipinski definition) is 2. The Morgan fingerprint density at radius 3 is 2.88 bits per heavy atom. The van der Waals surface area contributed by atoms with Gasteiger partial charge in [-0.05, 0) is 30.5 Å². The van der Waals surface area contributed by atoms with Crippen LogP contribution in [0.1, 0.15) is 11.1 Å². The van der Waals surface area contributed by atoms with E-state index in [1.807, 2.05) is 6.20 Å². The van der Waals surface area contributed by atoms with Crippen LogP contribution in [0.3, 0.4) is 0 Å². The first-order valence-electron chi connectivity index (χ1n) is 5.13. The number of aliphatic hydroxyl groups excluding tert-OH is 1. The summed E-state index contributed by atoms with van der Waals surface area (Å²) in [5, 5.41) is 10.1. The van der Waals surface area contributed by atoms with E-state index in [0.717, 1.165) is 5.52 Å². The van der Waals surface area contributed by atoms with Gasteiger partial charge < -0.3 is 15.8 Å². The SMILES string of the molecule is Cc1ccc2c(CC(N)CO)c[nH]c2c1.Cl. The number of aromatic amines is 1. The second kappa shape index (κ2) is 5.34. The molecule has 4 N–H and O–H groups in total. The van der Waals surface area contributed by atoms with Gasteiger partial charge in [-0.1, -0.05) is 12.1 Å². The molecular formula is C12H17ClN2O. The summed E-state index contributed by atoms with van der Waals surface area (Å²) < 4.78 is 0. The summed E-state index contributed by atoms with van der Waals surface area (Å²) in [7, 11) is 0. The Labute approximate surface area is 101 Å². The Bertz CT molecular complexity index is 467. The van der Waals surface area contributed by atoms with E-state index in [1.54, 1.807) is 0 Å². The van der Waals surface area contributed by atoms with E-state index in [9.17, 15) is 0 Å². The Kier molecular flexibility index (Phi) is 4.35. The smallest absolute Gasteiger partial charge is 0.0585 e. The third-order valence-electron chi connectivity index (χ3n) is 2.64. The fourth-order valence-corrected chi connectivity index (χ4v) is 1.82. The van der Waals surface area contributed by atoms with Gasteiger partial charge in [0.2, 0.25) is 0 Å². The number of hydrogen-bond donors (Lipinski definition) is 3. The topological polar surface area (TPSA) is 62.0 Å². The van der Waals surface area contributed by atoms with E-state index < -0.39 is 0 Å². The van der Waals surface area contributed by atoms with Crippen LogP contribution in [0.5, 0.6) is 0 Å². The van der Waals surface area contributed by atoms with E-state index in [-0.39, 0.29) is 25.1 Å². The molecule has 0 saturated carbocycles. The van der Waals surface area contributed by atoms with Gasteiger partial charge in [0.05, 0.1) is 6.61 Å². The fourth-order valence-electron chi connectivity index (χ4n) is 1.82. The average Bonchev–Trinajstić information content (AvgIpc) is 2.60. The van der Waals surface area contributed by atoms with Crippen molar-refractivity contribution < 1.29 is 5.11 Å². The molecule has 0 aliphatic carbocycles. The van der Waals surface area contributed by atoms with Crippen molar-refractivity contribution in [1.82, 2.24) is 4.98 Å². The second-order valence-corrected chi connectivity index (χ2v) is 4.01. The van der Waals surface area contributed by atoms with Gasteiger partial charge in [-0.3, -0.25) is 0 Å². The quantitative estimate of drug-likeness (QED) is 0.766. The highest BCUT2D eigenvalue weighted by molar-refractivity contribution is 5.85. The Morgan fingerprint density at radius 1 is 1.44 bits per heavy atom. The molecule has 0 radical (unpaired) electrons. The summed E-state index contributed by atoms with van der Waals surface area (Å²) in [6.45, 7) is 2.10. The van der Waals surface area contributed by atoms with Crippen LogP contribution < -0.4 is 5.73 Å². The maximum absolute atomic E-state index is 8.91. The number of H-pyrrole nitrogens is 1. The number of aromatic nitrogens is 1. The first kappa shape index (κ1) is 13.0. The lowest BCUT2D eigenvalue weighted by Gasteiger charge is -2.06. The number of benzene rings is 1. The lowest BCUT2D eigenvalue weighted by Crippen LogP contribution is -2.26. The molecule has 1 heterocycles. The second-order valence-electron chi connectivity index (χ2n) is 4.01. The van der Waals surface area contributed by atoms with Crippen molar-refractivity contribution in [3.63, 3.8) is 0 Å². The van der Waals surface area contributed by atoms with Crippen molar-refractivity contribution in [1.29, 1.82) is 0 Å². The van der Waals surface area contributed by atoms with E-state index in [1.165, 1.54) is 16.5 Å². The van der Waals surface area contributed by atoms with Gasteiger partial charge in [0.25, 0.3) is 0 Å². The van der Waals surface area contributed by atoms with Crippen molar-refractivity contribution in [2.45, 2.75) is 19.4 Å². The molecule has 0 aliphatic heterocycles. The molecule has 0 amide bonds. The highest BCUT2D eigenvalue weighted by Gasteiger charge is 2.07. The zero-order valence-electron chi connectivity index (χ0n) is 9.23. The number of aliphatic hydroxyl groups is 1. The Morgan fingerprint density at radius 2 is 2.19 bits per heavy atom. The first-order chi connectivity index (χ1) is 7.20. The molecule has 1 unspecified atom stereocenters. The molecule has 88 valence electrons. The van der Waals surface area contributed by atoms with Crippen LogP contribution in [0, 0.1) is 6.92 Å². The standard InChI is InChI=1S/C12H16N2O.ClH/c1-8-2-3-11-9(5-10(13)7-15)6-14-12(11)4-8;/h2-4,6,10,14-15H,5,7,13H2,1H3;1H. The van der Waals surface area contributed by atoms with Gasteiger partial charge >= 0.3 is 0 Å². The highest BCUT2D eigenvalue weighted by Crippen LogP contribution is 2.20. The molecule has 0 aliphatic rings. The summed E-state index contributed by atoms with van der Waals surface area (Å²) in [6, 6.07) is 6.12. The number of halogens is 1. The molecule has 16 heavy (non-hydrogen) atoms. The van der Waals surface area contributed by atoms with Crippen molar-refractivity contribution >= 4 is 23.3 Å². The molecule has 3 nitrogen and oxygen atoms in total. The van der Waals surface area contributed by atoms with Crippen LogP contribution in [0.2, 0.25) is 0 Å². The lowest BCUT2D eigenvalue weighted by molar-refractivity contribution is 0.265. The minimum absolute atomic E-state index is 0. The summed E-state index contributed by atoms with van der Waals surface area (Å²) in [5.74, 6) is 0. The van der Waals surface area contributed by atoms with Crippen LogP contribution in [0.25, 0.3) is 10.9 Å². The third-order valence-corrected chi connectivity index (χ3v) is 2.64. The Balaban J connectivity index is 0.00000128. The van der Waals surface area contributed by atoms with E-state index in [2.05, 4.69) is 30.1 Å². The van der Waals surface area contributed by atoms with Gasteiger partial charge in [0.15, 0.2) is 0 Å². The van der Waals surface area contributed by atoms with Crippen LogP contribution in [0.4, 0.5) is 0 Å². The molecule has 4 heteroatoms. The normalized spacial score (nSPS) is 12.4. The van der Waals surface area contributed by atoms with E-state index in [0.29, 0.717) is 6.42 Å². The van der Waals surface area contributed by atoms with Crippen molar-refractivity contribution in [2.24, 2.45) is 5.73 Å². The number of nitrogens with two attached hydrogens (primary N) is 1. The molecule has 2 aromatic rings. The molecule has 0 spiro atoms. The summed E-state index contributed by atoms with van der Waals surface area (Å²) >= 11 is 0. The number of fused-ring (bicyclic) bond motifs is 1. The van der Waals surface area contributed by atoms with Gasteiger partial charge in [0.1, 0.15) is 0 Å². The minimum atomic E-state index is -0.176. The van der Waals surface area contributed by atoms with Crippen molar-refractivity contribution in [3.05, 3.63) is 35.5 Å². The summed E-state index contributed by atoms with van der Waals surface area (Å²) in [4.78, 5) is 3.22. The van der Waals surface area contributed by atoms with Crippen molar-refractivity contribution in [3.8, 4) is 0 Å². The van der Waals surface area contributed by atoms with Crippen LogP contribution >= 0.6 is 12.4 Å². The maximum Gasteiger partial charge on any atom is 0.0585 e. The monoisotopic (exact) mass is 240 g/mol. The van der Waals surface area contributed by atoms with Crippen LogP contribution in [-0.4, -0.2) is 22.7 Å². The van der Waals surface area contributed by atoms with Crippen LogP contribution in [-0.2, 0) is 6.42 Å². The molecule has 1 atom stereocenters. The summed E-state index contributed by atoms with van der Waals surface area (Å²) in [5.41, 5.74) is 9.27. The van der Waals surface area contributed by atoms with Gasteiger partial charge in [-0.15, -0.1) is 12.4 Å². The minimum Gasteiger partial charge on any atom is -0.395 e. The molecule has 2 rings (SSSR count). The predicted molar refractivity (Wildman–Crippen MR) is 69.0 cm³/mol. The third kappa shape index (κ3) is 2.55. The lowest BCUT2D eigenvalue weighted by atomic mass is 10.1. The largest absolute Gasteiger partial charge is 0.395 e. The van der Waals surface area contributed by atoms with Gasteiger partial charge in [-0.25, -0.2) is 0 Å². The zero-order chi connectivity index (χ0) is 10.8. The number of nitrogens with one attached hydrogen (secondary N) is 1. The van der Waals surface area contributed by atoms with Gasteiger partial charge in [0, 0.05) is 23.1 Å². The summed E-state index contributed by atoms with van der Waals surface area (Å²) in [6.07, 6.45) is 2.68. The average molecular weight is 241 g/mol. The molecule has 1 aromatic heterocycles. The van der Waals surface area contributed by atoms with Crippen molar-refractivity contribution in [2.75, 3.05) is 6.61 Å². The number of aryl methyl sites for hydroxylation is 1. The zero-order valence-corrected chi connectivity index (χ0v) is 10.1. The van der Waals surface area contributed by atoms with Crippen LogP contribution in [0.15, 0.2) is 24.4 Å². The predicted octanol–water partition coefficient (Wildman–Crippen LogP) is 1.76. The molecule has 1 aromatic carbocycles. The maximum atomic E-state index is 8.91. The molecule has 0 saturated heterocycles. The Hall–Kier alpha value is -1.03. The van der Waals surface area contributed by atoms with E-state index >= 15 is 0 Å².